The van der Waals surface area contributed by atoms with Gasteiger partial charge in [-0.3, -0.25) is 9.59 Å². The molecule has 2 amide bonds. The molecule has 3 aromatic rings. The number of anilines is 2. The third-order valence-electron chi connectivity index (χ3n) is 5.77. The van der Waals surface area contributed by atoms with Crippen LogP contribution in [0.1, 0.15) is 43.6 Å². The van der Waals surface area contributed by atoms with Crippen molar-refractivity contribution >= 4 is 34.8 Å². The molecule has 1 aromatic heterocycles. The lowest BCUT2D eigenvalue weighted by Crippen LogP contribution is -2.40. The van der Waals surface area contributed by atoms with E-state index in [4.69, 9.17) is 11.6 Å². The van der Waals surface area contributed by atoms with Crippen LogP contribution in [-0.2, 0) is 10.2 Å². The maximum Gasteiger partial charge on any atom is 0.487 e. The molecule has 0 radical (unpaired) electrons. The van der Waals surface area contributed by atoms with Crippen LogP contribution in [-0.4, -0.2) is 33.4 Å². The average Bonchev–Trinajstić information content (AvgIpc) is 2.99. The second kappa shape index (κ2) is 8.88. The van der Waals surface area contributed by atoms with Crippen molar-refractivity contribution in [2.24, 2.45) is 0 Å². The molecule has 1 aliphatic rings. The smallest absolute Gasteiger partial charge is 0.420 e. The highest BCUT2D eigenvalue weighted by atomic mass is 35.5. The van der Waals surface area contributed by atoms with Crippen LogP contribution < -0.4 is 15.0 Å². The van der Waals surface area contributed by atoms with Gasteiger partial charge in [-0.1, -0.05) is 0 Å². The molecule has 2 heterocycles. The minimum atomic E-state index is -3.83. The van der Waals surface area contributed by atoms with Crippen LogP contribution in [0.25, 0.3) is 11.1 Å². The van der Waals surface area contributed by atoms with Crippen molar-refractivity contribution in [3.05, 3.63) is 66.2 Å². The lowest BCUT2D eigenvalue weighted by atomic mass is 9.83. The zero-order valence-electron chi connectivity index (χ0n) is 19.5. The third kappa shape index (κ3) is 4.81. The summed E-state index contributed by atoms with van der Waals surface area (Å²) in [6.45, 7) is 7.52. The first-order valence-electron chi connectivity index (χ1n) is 10.8. The lowest BCUT2D eigenvalue weighted by Gasteiger charge is -2.25. The monoisotopic (exact) mass is 500 g/mol. The van der Waals surface area contributed by atoms with Crippen molar-refractivity contribution in [2.75, 3.05) is 10.2 Å². The summed E-state index contributed by atoms with van der Waals surface area (Å²) in [5.74, 6) is -0.653. The fraction of sp³-hybridized carbons (Fsp3) is 0.280. The molecule has 7 nitrogen and oxygen atoms in total. The zero-order valence-corrected chi connectivity index (χ0v) is 20.2. The number of hydrogen-bond donors (Lipinski definition) is 1. The number of nitrogens with zero attached hydrogens (tertiary/aromatic N) is 3. The normalized spacial score (nSPS) is 14.7. The number of hydrogen-bond acceptors (Lipinski definition) is 5. The number of ether oxygens (including phenoxy) is 1. The first-order valence-corrected chi connectivity index (χ1v) is 11.2. The van der Waals surface area contributed by atoms with Crippen LogP contribution in [0.3, 0.4) is 0 Å². The van der Waals surface area contributed by atoms with Gasteiger partial charge in [0.2, 0.25) is 5.91 Å². The minimum Gasteiger partial charge on any atom is -0.420 e. The predicted octanol–water partition coefficient (Wildman–Crippen LogP) is 5.60. The summed E-state index contributed by atoms with van der Waals surface area (Å²) >= 11 is 4.78. The summed E-state index contributed by atoms with van der Waals surface area (Å²) in [4.78, 5) is 36.5. The molecule has 0 unspecified atom stereocenters. The minimum absolute atomic E-state index is 0.0650. The van der Waals surface area contributed by atoms with Gasteiger partial charge in [0, 0.05) is 52.4 Å². The third-order valence-corrected chi connectivity index (χ3v) is 5.85. The van der Waals surface area contributed by atoms with Gasteiger partial charge < -0.3 is 15.0 Å². The SMILES string of the molecule is CC(C)N1C(=O)C(C)(C)c2cc(C(=O)Nc3ccc(OC(F)(F)Cl)cc3)cc(-c3cncnc3)c21. The molecule has 1 aliphatic heterocycles. The van der Waals surface area contributed by atoms with Crippen LogP contribution in [0.5, 0.6) is 5.75 Å². The molecule has 0 saturated heterocycles. The molecule has 0 aliphatic carbocycles. The van der Waals surface area contributed by atoms with Crippen molar-refractivity contribution in [3.8, 4) is 16.9 Å². The van der Waals surface area contributed by atoms with E-state index >= 15 is 0 Å². The fourth-order valence-corrected chi connectivity index (χ4v) is 4.20. The fourth-order valence-electron chi connectivity index (χ4n) is 4.11. The van der Waals surface area contributed by atoms with E-state index in [1.54, 1.807) is 29.4 Å². The van der Waals surface area contributed by atoms with Crippen molar-refractivity contribution in [3.63, 3.8) is 0 Å². The van der Waals surface area contributed by atoms with Crippen LogP contribution in [0, 0.1) is 0 Å². The Balaban J connectivity index is 1.75. The molecule has 182 valence electrons. The van der Waals surface area contributed by atoms with E-state index in [0.29, 0.717) is 22.4 Å². The highest BCUT2D eigenvalue weighted by molar-refractivity contribution is 6.20. The standard InChI is InChI=1S/C25H23ClF2N4O3/c1-14(2)32-21-19(16-11-29-13-30-12-16)9-15(10-20(21)24(3,4)23(32)34)22(33)31-17-5-7-18(8-6-17)35-25(26,27)28/h5-14H,1-4H3,(H,31,33). The number of nitrogens with one attached hydrogen (secondary N) is 1. The molecule has 0 bridgehead atoms. The average molecular weight is 501 g/mol. The van der Waals surface area contributed by atoms with Gasteiger partial charge in [0.1, 0.15) is 12.1 Å². The Labute approximate surface area is 206 Å². The molecule has 0 atom stereocenters. The Morgan fingerprint density at radius 3 is 2.34 bits per heavy atom. The number of aromatic nitrogens is 2. The Bertz CT molecular complexity index is 1280. The Morgan fingerprint density at radius 1 is 1.14 bits per heavy atom. The molecule has 2 aromatic carbocycles. The van der Waals surface area contributed by atoms with E-state index in [2.05, 4.69) is 20.0 Å². The van der Waals surface area contributed by atoms with Gasteiger partial charge in [0.25, 0.3) is 5.91 Å². The summed E-state index contributed by atoms with van der Waals surface area (Å²) in [5, 5.41) is 2.75. The number of halogens is 3. The van der Waals surface area contributed by atoms with Gasteiger partial charge in [0.05, 0.1) is 11.1 Å². The van der Waals surface area contributed by atoms with E-state index in [1.165, 1.54) is 30.6 Å². The molecule has 4 rings (SSSR count). The van der Waals surface area contributed by atoms with Crippen molar-refractivity contribution in [1.82, 2.24) is 9.97 Å². The predicted molar refractivity (Wildman–Crippen MR) is 129 cm³/mol. The highest BCUT2D eigenvalue weighted by Gasteiger charge is 2.46. The molecule has 1 N–H and O–H groups in total. The Kier molecular flexibility index (Phi) is 6.23. The number of carbonyl (C=O) groups is 2. The van der Waals surface area contributed by atoms with Gasteiger partial charge in [-0.05, 0) is 69.7 Å². The summed E-state index contributed by atoms with van der Waals surface area (Å²) in [6, 6.07) is 8.68. The van der Waals surface area contributed by atoms with Gasteiger partial charge in [-0.2, -0.15) is 0 Å². The van der Waals surface area contributed by atoms with E-state index in [-0.39, 0.29) is 17.7 Å². The molecule has 35 heavy (non-hydrogen) atoms. The van der Waals surface area contributed by atoms with Crippen LogP contribution >= 0.6 is 11.6 Å². The zero-order chi connectivity index (χ0) is 25.5. The van der Waals surface area contributed by atoms with E-state index in [1.807, 2.05) is 27.7 Å². The Hall–Kier alpha value is -3.59. The van der Waals surface area contributed by atoms with Gasteiger partial charge >= 0.3 is 5.57 Å². The molecule has 0 spiro atoms. The lowest BCUT2D eigenvalue weighted by molar-refractivity contribution is -0.122. The number of fused-ring (bicyclic) bond motifs is 1. The number of rotatable bonds is 6. The molecule has 10 heteroatoms. The Morgan fingerprint density at radius 2 is 1.77 bits per heavy atom. The molecular formula is C25H23ClF2N4O3. The van der Waals surface area contributed by atoms with Gasteiger partial charge in [-0.15, -0.1) is 8.78 Å². The van der Waals surface area contributed by atoms with Gasteiger partial charge in [-0.25, -0.2) is 9.97 Å². The van der Waals surface area contributed by atoms with Crippen LogP contribution in [0.4, 0.5) is 20.2 Å². The van der Waals surface area contributed by atoms with Crippen molar-refractivity contribution < 1.29 is 23.1 Å². The molecule has 0 fully saturated rings. The van der Waals surface area contributed by atoms with Gasteiger partial charge in [0.15, 0.2) is 0 Å². The van der Waals surface area contributed by atoms with E-state index < -0.39 is 16.9 Å². The first kappa shape index (κ1) is 24.5. The largest absolute Gasteiger partial charge is 0.487 e. The van der Waals surface area contributed by atoms with Crippen molar-refractivity contribution in [2.45, 2.75) is 44.7 Å². The first-order chi connectivity index (χ1) is 16.4. The summed E-state index contributed by atoms with van der Waals surface area (Å²) in [7, 11) is 0. The quantitative estimate of drug-likeness (QED) is 0.445. The van der Waals surface area contributed by atoms with Crippen LogP contribution in [0.15, 0.2) is 55.1 Å². The van der Waals surface area contributed by atoms with Crippen molar-refractivity contribution in [1.29, 1.82) is 0 Å². The summed E-state index contributed by atoms with van der Waals surface area (Å²) in [6.07, 6.45) is 4.66. The highest BCUT2D eigenvalue weighted by Crippen LogP contribution is 2.48. The number of carbonyl (C=O) groups excluding carboxylic acids is 2. The van der Waals surface area contributed by atoms with E-state index in [9.17, 15) is 18.4 Å². The summed E-state index contributed by atoms with van der Waals surface area (Å²) < 4.78 is 30.0. The number of alkyl halides is 3. The maximum atomic E-state index is 13.3. The summed E-state index contributed by atoms with van der Waals surface area (Å²) in [5.41, 5.74) is -1.23. The second-order valence-electron chi connectivity index (χ2n) is 8.97. The number of amides is 2. The molecular weight excluding hydrogens is 478 g/mol. The van der Waals surface area contributed by atoms with Crippen LogP contribution in [0.2, 0.25) is 0 Å². The van der Waals surface area contributed by atoms with E-state index in [0.717, 1.165) is 11.3 Å². The topological polar surface area (TPSA) is 84.4 Å². The second-order valence-corrected chi connectivity index (χ2v) is 9.41. The maximum absolute atomic E-state index is 13.3. The molecule has 0 saturated carbocycles. The number of benzene rings is 2.